The number of halogens is 1. The third kappa shape index (κ3) is 4.17. The van der Waals surface area contributed by atoms with Gasteiger partial charge in [-0.25, -0.2) is 9.97 Å². The van der Waals surface area contributed by atoms with Crippen LogP contribution in [0.3, 0.4) is 0 Å². The second-order valence-corrected chi connectivity index (χ2v) is 6.25. The lowest BCUT2D eigenvalue weighted by Crippen LogP contribution is -2.08. The highest BCUT2D eigenvalue weighted by atomic mass is 35.5. The summed E-state index contributed by atoms with van der Waals surface area (Å²) in [6.07, 6.45) is 1.74. The summed E-state index contributed by atoms with van der Waals surface area (Å²) < 4.78 is 0. The van der Waals surface area contributed by atoms with Gasteiger partial charge in [0.25, 0.3) is 0 Å². The van der Waals surface area contributed by atoms with E-state index in [0.717, 1.165) is 28.2 Å². The van der Waals surface area contributed by atoms with E-state index < -0.39 is 0 Å². The molecule has 1 N–H and O–H groups in total. The topological polar surface area (TPSA) is 41.1 Å². The summed E-state index contributed by atoms with van der Waals surface area (Å²) in [6, 6.07) is 17.5. The minimum Gasteiger partial charge on any atom is -0.378 e. The van der Waals surface area contributed by atoms with E-state index >= 15 is 0 Å². The van der Waals surface area contributed by atoms with E-state index in [4.69, 9.17) is 11.6 Å². The molecule has 0 fully saturated rings. The summed E-state index contributed by atoms with van der Waals surface area (Å²) in [7, 11) is 3.95. The van der Waals surface area contributed by atoms with Crippen molar-refractivity contribution >= 4 is 28.9 Å². The van der Waals surface area contributed by atoms with Crippen LogP contribution in [-0.2, 0) is 0 Å². The molecule has 0 aliphatic carbocycles. The van der Waals surface area contributed by atoms with Crippen LogP contribution in [0.25, 0.3) is 17.0 Å². The van der Waals surface area contributed by atoms with Gasteiger partial charge in [-0.3, -0.25) is 0 Å². The molecular formula is C20H19ClN4. The van der Waals surface area contributed by atoms with Crippen molar-refractivity contribution in [3.8, 4) is 11.3 Å². The zero-order valence-electron chi connectivity index (χ0n) is 14.2. The van der Waals surface area contributed by atoms with Gasteiger partial charge in [0.1, 0.15) is 0 Å². The maximum absolute atomic E-state index is 5.94. The summed E-state index contributed by atoms with van der Waals surface area (Å²) >= 11 is 5.94. The first-order chi connectivity index (χ1) is 12.0. The van der Waals surface area contributed by atoms with Crippen LogP contribution in [0.15, 0.2) is 67.4 Å². The lowest BCUT2D eigenvalue weighted by atomic mass is 10.1. The molecule has 3 rings (SSSR count). The van der Waals surface area contributed by atoms with Gasteiger partial charge < -0.3 is 10.2 Å². The fourth-order valence-electron chi connectivity index (χ4n) is 2.33. The van der Waals surface area contributed by atoms with Crippen molar-refractivity contribution in [1.29, 1.82) is 0 Å². The van der Waals surface area contributed by atoms with Gasteiger partial charge in [-0.1, -0.05) is 42.4 Å². The number of nitrogens with one attached hydrogen (secondary N) is 1. The van der Waals surface area contributed by atoms with Gasteiger partial charge in [-0.2, -0.15) is 0 Å². The molecule has 1 aromatic heterocycles. The third-order valence-corrected chi connectivity index (χ3v) is 4.06. The van der Waals surface area contributed by atoms with E-state index in [1.54, 1.807) is 6.20 Å². The Kier molecular flexibility index (Phi) is 5.00. The third-order valence-electron chi connectivity index (χ3n) is 3.81. The van der Waals surface area contributed by atoms with Gasteiger partial charge in [-0.05, 0) is 35.9 Å². The molecule has 0 aliphatic heterocycles. The molecule has 3 aromatic rings. The Morgan fingerprint density at radius 1 is 1.00 bits per heavy atom. The lowest BCUT2D eigenvalue weighted by molar-refractivity contribution is 0.593. The predicted octanol–water partition coefficient (Wildman–Crippen LogP) is 5.07. The Balaban J connectivity index is 1.78. The molecule has 0 saturated heterocycles. The van der Waals surface area contributed by atoms with Crippen LogP contribution in [0.5, 0.6) is 0 Å². The molecule has 0 amide bonds. The predicted molar refractivity (Wildman–Crippen MR) is 105 cm³/mol. The van der Waals surface area contributed by atoms with Crippen molar-refractivity contribution in [3.05, 3.63) is 78.0 Å². The normalized spacial score (nSPS) is 10.4. The summed E-state index contributed by atoms with van der Waals surface area (Å²) in [5.74, 6) is 0.548. The van der Waals surface area contributed by atoms with Crippen LogP contribution in [0.4, 0.5) is 11.6 Å². The molecule has 5 heteroatoms. The van der Waals surface area contributed by atoms with Crippen LogP contribution in [0, 0.1) is 0 Å². The number of nitrogens with zero attached hydrogens (tertiary/aromatic N) is 3. The summed E-state index contributed by atoms with van der Waals surface area (Å²) in [6.45, 7) is 4.06. The van der Waals surface area contributed by atoms with Crippen LogP contribution >= 0.6 is 11.6 Å². The molecule has 0 unspecified atom stereocenters. The Labute approximate surface area is 152 Å². The van der Waals surface area contributed by atoms with E-state index in [2.05, 4.69) is 21.9 Å². The molecule has 0 saturated carbocycles. The molecule has 0 atom stereocenters. The monoisotopic (exact) mass is 350 g/mol. The standard InChI is InChI=1S/C20H19ClN4/c1-14(25(2)3)15-6-10-18(11-7-15)23-20-22-13-12-19(24-20)16-4-8-17(21)9-5-16/h4-13H,1H2,2-3H3,(H,22,23,24). The maximum atomic E-state index is 5.94. The smallest absolute Gasteiger partial charge is 0.227 e. The van der Waals surface area contributed by atoms with Crippen molar-refractivity contribution in [2.75, 3.05) is 19.4 Å². The first-order valence-electron chi connectivity index (χ1n) is 7.85. The number of benzene rings is 2. The van der Waals surface area contributed by atoms with Crippen molar-refractivity contribution < 1.29 is 0 Å². The van der Waals surface area contributed by atoms with Gasteiger partial charge in [0.15, 0.2) is 0 Å². The highest BCUT2D eigenvalue weighted by Crippen LogP contribution is 2.22. The zero-order valence-corrected chi connectivity index (χ0v) is 15.0. The minimum atomic E-state index is 0.548. The highest BCUT2D eigenvalue weighted by molar-refractivity contribution is 6.30. The Bertz CT molecular complexity index is 871. The number of aromatic nitrogens is 2. The first-order valence-corrected chi connectivity index (χ1v) is 8.23. The lowest BCUT2D eigenvalue weighted by Gasteiger charge is -2.16. The van der Waals surface area contributed by atoms with Gasteiger partial charge in [-0.15, -0.1) is 0 Å². The van der Waals surface area contributed by atoms with E-state index in [9.17, 15) is 0 Å². The Morgan fingerprint density at radius 3 is 2.32 bits per heavy atom. The second kappa shape index (κ2) is 7.36. The van der Waals surface area contributed by atoms with Crippen molar-refractivity contribution in [1.82, 2.24) is 14.9 Å². The van der Waals surface area contributed by atoms with Crippen molar-refractivity contribution in [3.63, 3.8) is 0 Å². The largest absolute Gasteiger partial charge is 0.378 e. The van der Waals surface area contributed by atoms with Crippen LogP contribution in [0.2, 0.25) is 5.02 Å². The van der Waals surface area contributed by atoms with Crippen LogP contribution in [0.1, 0.15) is 5.56 Å². The fourth-order valence-corrected chi connectivity index (χ4v) is 2.46. The fraction of sp³-hybridized carbons (Fsp3) is 0.100. The zero-order chi connectivity index (χ0) is 17.8. The van der Waals surface area contributed by atoms with E-state index in [1.807, 2.05) is 73.6 Å². The molecular weight excluding hydrogens is 332 g/mol. The number of hydrogen-bond acceptors (Lipinski definition) is 4. The SMILES string of the molecule is C=C(c1ccc(Nc2nccc(-c3ccc(Cl)cc3)n2)cc1)N(C)C. The Hall–Kier alpha value is -2.85. The molecule has 25 heavy (non-hydrogen) atoms. The summed E-state index contributed by atoms with van der Waals surface area (Å²) in [5, 5.41) is 3.93. The van der Waals surface area contributed by atoms with Gasteiger partial charge in [0, 0.05) is 42.3 Å². The van der Waals surface area contributed by atoms with Crippen molar-refractivity contribution in [2.45, 2.75) is 0 Å². The average molecular weight is 351 g/mol. The number of hydrogen-bond donors (Lipinski definition) is 1. The first kappa shape index (κ1) is 17.0. The molecule has 0 aliphatic rings. The number of anilines is 2. The molecule has 4 nitrogen and oxygen atoms in total. The summed E-state index contributed by atoms with van der Waals surface area (Å²) in [4.78, 5) is 10.8. The average Bonchev–Trinajstić information content (AvgIpc) is 2.62. The molecule has 0 bridgehead atoms. The summed E-state index contributed by atoms with van der Waals surface area (Å²) in [5.41, 5.74) is 4.79. The van der Waals surface area contributed by atoms with Crippen LogP contribution in [-0.4, -0.2) is 29.0 Å². The molecule has 126 valence electrons. The van der Waals surface area contributed by atoms with Gasteiger partial charge in [0.05, 0.1) is 5.69 Å². The van der Waals surface area contributed by atoms with E-state index in [0.29, 0.717) is 11.0 Å². The van der Waals surface area contributed by atoms with Crippen LogP contribution < -0.4 is 5.32 Å². The van der Waals surface area contributed by atoms with E-state index in [-0.39, 0.29) is 0 Å². The van der Waals surface area contributed by atoms with Crippen molar-refractivity contribution in [2.24, 2.45) is 0 Å². The minimum absolute atomic E-state index is 0.548. The molecule has 1 heterocycles. The molecule has 2 aromatic carbocycles. The van der Waals surface area contributed by atoms with Gasteiger partial charge in [0.2, 0.25) is 5.95 Å². The quantitative estimate of drug-likeness (QED) is 0.697. The maximum Gasteiger partial charge on any atom is 0.227 e. The Morgan fingerprint density at radius 2 is 1.68 bits per heavy atom. The highest BCUT2D eigenvalue weighted by Gasteiger charge is 2.04. The second-order valence-electron chi connectivity index (χ2n) is 5.82. The number of rotatable bonds is 5. The van der Waals surface area contributed by atoms with Gasteiger partial charge >= 0.3 is 0 Å². The molecule has 0 radical (unpaired) electrons. The van der Waals surface area contributed by atoms with E-state index in [1.165, 1.54) is 0 Å². The molecule has 0 spiro atoms.